The first-order valence-corrected chi connectivity index (χ1v) is 7.89. The lowest BCUT2D eigenvalue weighted by atomic mass is 10.2. The summed E-state index contributed by atoms with van der Waals surface area (Å²) in [5.74, 6) is 1.21. The summed E-state index contributed by atoms with van der Waals surface area (Å²) in [5.41, 5.74) is 0.900. The number of piperazine rings is 1. The van der Waals surface area contributed by atoms with E-state index in [1.54, 1.807) is 7.11 Å². The van der Waals surface area contributed by atoms with Crippen molar-refractivity contribution in [2.24, 2.45) is 5.10 Å². The molecule has 1 aliphatic rings. The molecule has 1 aliphatic heterocycles. The summed E-state index contributed by atoms with van der Waals surface area (Å²) in [7, 11) is 3.74. The molecule has 22 heavy (non-hydrogen) atoms. The van der Waals surface area contributed by atoms with Crippen LogP contribution in [0.4, 0.5) is 0 Å². The molecule has 122 valence electrons. The predicted octanol–water partition coefficient (Wildman–Crippen LogP) is 2.72. The van der Waals surface area contributed by atoms with Gasteiger partial charge in [-0.2, -0.15) is 5.10 Å². The number of nitrogens with zero attached hydrogens (tertiary/aromatic N) is 3. The molecule has 0 atom stereocenters. The van der Waals surface area contributed by atoms with E-state index in [4.69, 9.17) is 21.1 Å². The van der Waals surface area contributed by atoms with E-state index in [1.807, 2.05) is 32.2 Å². The van der Waals surface area contributed by atoms with E-state index in [9.17, 15) is 0 Å². The number of hydrogen-bond donors (Lipinski definition) is 0. The van der Waals surface area contributed by atoms with E-state index in [1.165, 1.54) is 0 Å². The third kappa shape index (κ3) is 4.52. The van der Waals surface area contributed by atoms with Crippen LogP contribution in [0, 0.1) is 0 Å². The zero-order valence-electron chi connectivity index (χ0n) is 13.7. The van der Waals surface area contributed by atoms with Crippen LogP contribution in [0.15, 0.2) is 17.2 Å². The standard InChI is InChI=1S/C16H24ClN3O2/c1-12(2)22-16-14(17)9-13(10-15(16)21-4)11-18-20-7-5-19(3)6-8-20/h9-12H,5-8H2,1-4H3/b18-11-. The molecule has 0 aliphatic carbocycles. The van der Waals surface area contributed by atoms with Gasteiger partial charge in [-0.25, -0.2) is 0 Å². The fourth-order valence-corrected chi connectivity index (χ4v) is 2.49. The summed E-state index contributed by atoms with van der Waals surface area (Å²) in [5, 5.41) is 7.13. The van der Waals surface area contributed by atoms with E-state index in [2.05, 4.69) is 22.1 Å². The molecule has 5 nitrogen and oxygen atoms in total. The molecule has 1 saturated heterocycles. The molecule has 1 heterocycles. The number of ether oxygens (including phenoxy) is 2. The summed E-state index contributed by atoms with van der Waals surface area (Å²) in [6, 6.07) is 3.74. The van der Waals surface area contributed by atoms with Crippen LogP contribution in [0.3, 0.4) is 0 Å². The van der Waals surface area contributed by atoms with Crippen molar-refractivity contribution in [3.8, 4) is 11.5 Å². The number of methoxy groups -OCH3 is 1. The zero-order chi connectivity index (χ0) is 16.1. The molecule has 0 spiro atoms. The molecule has 2 rings (SSSR count). The lowest BCUT2D eigenvalue weighted by molar-refractivity contribution is 0.159. The first-order chi connectivity index (χ1) is 10.5. The predicted molar refractivity (Wildman–Crippen MR) is 90.4 cm³/mol. The highest BCUT2D eigenvalue weighted by molar-refractivity contribution is 6.32. The lowest BCUT2D eigenvalue weighted by Gasteiger charge is -2.30. The minimum atomic E-state index is 0.0382. The van der Waals surface area contributed by atoms with E-state index < -0.39 is 0 Å². The Kier molecular flexibility index (Phi) is 5.91. The van der Waals surface area contributed by atoms with Crippen molar-refractivity contribution in [1.29, 1.82) is 0 Å². The number of hydrogen-bond acceptors (Lipinski definition) is 5. The van der Waals surface area contributed by atoms with Crippen molar-refractivity contribution in [1.82, 2.24) is 9.91 Å². The van der Waals surface area contributed by atoms with Crippen LogP contribution in [0.5, 0.6) is 11.5 Å². The summed E-state index contributed by atoms with van der Waals surface area (Å²) in [4.78, 5) is 2.30. The Morgan fingerprint density at radius 1 is 1.23 bits per heavy atom. The Bertz CT molecular complexity index is 526. The largest absolute Gasteiger partial charge is 0.493 e. The Balaban J connectivity index is 2.13. The summed E-state index contributed by atoms with van der Waals surface area (Å²) >= 11 is 6.31. The maximum absolute atomic E-state index is 6.31. The Labute approximate surface area is 137 Å². The van der Waals surface area contributed by atoms with Gasteiger partial charge >= 0.3 is 0 Å². The molecule has 0 bridgehead atoms. The van der Waals surface area contributed by atoms with Crippen LogP contribution >= 0.6 is 11.6 Å². The second kappa shape index (κ2) is 7.70. The molecular weight excluding hydrogens is 302 g/mol. The van der Waals surface area contributed by atoms with Gasteiger partial charge in [0.2, 0.25) is 0 Å². The Hall–Kier alpha value is -1.46. The number of halogens is 1. The monoisotopic (exact) mass is 325 g/mol. The number of rotatable bonds is 5. The topological polar surface area (TPSA) is 37.3 Å². The highest BCUT2D eigenvalue weighted by Crippen LogP contribution is 2.36. The van der Waals surface area contributed by atoms with Crippen molar-refractivity contribution in [3.05, 3.63) is 22.7 Å². The molecule has 0 radical (unpaired) electrons. The molecule has 6 heteroatoms. The second-order valence-corrected chi connectivity index (χ2v) is 6.11. The van der Waals surface area contributed by atoms with Crippen LogP contribution in [-0.2, 0) is 0 Å². The number of benzene rings is 1. The highest BCUT2D eigenvalue weighted by atomic mass is 35.5. The van der Waals surface area contributed by atoms with Gasteiger partial charge in [0.25, 0.3) is 0 Å². The van der Waals surface area contributed by atoms with Gasteiger partial charge in [-0.1, -0.05) is 11.6 Å². The van der Waals surface area contributed by atoms with Gasteiger partial charge in [0.05, 0.1) is 24.5 Å². The minimum Gasteiger partial charge on any atom is -0.493 e. The maximum atomic E-state index is 6.31. The Morgan fingerprint density at radius 3 is 2.50 bits per heavy atom. The second-order valence-electron chi connectivity index (χ2n) is 5.70. The van der Waals surface area contributed by atoms with E-state index >= 15 is 0 Å². The van der Waals surface area contributed by atoms with E-state index in [0.717, 1.165) is 31.7 Å². The molecule has 0 saturated carbocycles. The van der Waals surface area contributed by atoms with Crippen molar-refractivity contribution in [2.75, 3.05) is 40.3 Å². The van der Waals surface area contributed by atoms with Gasteiger partial charge in [0.1, 0.15) is 0 Å². The highest BCUT2D eigenvalue weighted by Gasteiger charge is 2.14. The molecule has 0 aromatic heterocycles. The van der Waals surface area contributed by atoms with Crippen molar-refractivity contribution < 1.29 is 9.47 Å². The van der Waals surface area contributed by atoms with Crippen molar-refractivity contribution in [2.45, 2.75) is 20.0 Å². The van der Waals surface area contributed by atoms with Gasteiger partial charge < -0.3 is 14.4 Å². The van der Waals surface area contributed by atoms with Crippen LogP contribution in [0.1, 0.15) is 19.4 Å². The fourth-order valence-electron chi connectivity index (χ4n) is 2.22. The number of hydrazone groups is 1. The molecule has 0 amide bonds. The van der Waals surface area contributed by atoms with Crippen molar-refractivity contribution in [3.63, 3.8) is 0 Å². The van der Waals surface area contributed by atoms with E-state index in [0.29, 0.717) is 16.5 Å². The third-order valence-electron chi connectivity index (χ3n) is 3.46. The molecule has 1 aromatic rings. The summed E-state index contributed by atoms with van der Waals surface area (Å²) < 4.78 is 11.1. The molecule has 1 fully saturated rings. The molecule has 1 aromatic carbocycles. The van der Waals surface area contributed by atoms with Gasteiger partial charge in [0.15, 0.2) is 11.5 Å². The van der Waals surface area contributed by atoms with Gasteiger partial charge in [-0.15, -0.1) is 0 Å². The van der Waals surface area contributed by atoms with Gasteiger partial charge in [-0.05, 0) is 38.6 Å². The molecule has 0 N–H and O–H groups in total. The molecular formula is C16H24ClN3O2. The fraction of sp³-hybridized carbons (Fsp3) is 0.562. The first-order valence-electron chi connectivity index (χ1n) is 7.51. The van der Waals surface area contributed by atoms with Crippen LogP contribution < -0.4 is 9.47 Å². The first kappa shape index (κ1) is 16.9. The quantitative estimate of drug-likeness (QED) is 0.780. The smallest absolute Gasteiger partial charge is 0.180 e. The summed E-state index contributed by atoms with van der Waals surface area (Å²) in [6.45, 7) is 7.85. The van der Waals surface area contributed by atoms with Crippen LogP contribution in [-0.4, -0.2) is 62.6 Å². The zero-order valence-corrected chi connectivity index (χ0v) is 14.4. The molecule has 0 unspecified atom stereocenters. The Morgan fingerprint density at radius 2 is 1.91 bits per heavy atom. The normalized spacial score (nSPS) is 16.5. The maximum Gasteiger partial charge on any atom is 0.180 e. The SMILES string of the molecule is COc1cc(/C=N\N2CCN(C)CC2)cc(Cl)c1OC(C)C. The third-order valence-corrected chi connectivity index (χ3v) is 3.74. The summed E-state index contributed by atoms with van der Waals surface area (Å²) in [6.07, 6.45) is 1.86. The van der Waals surface area contributed by atoms with Gasteiger partial charge in [-0.3, -0.25) is 5.01 Å². The van der Waals surface area contributed by atoms with Crippen LogP contribution in [0.2, 0.25) is 5.02 Å². The van der Waals surface area contributed by atoms with Crippen molar-refractivity contribution >= 4 is 17.8 Å². The van der Waals surface area contributed by atoms with Crippen LogP contribution in [0.25, 0.3) is 0 Å². The van der Waals surface area contributed by atoms with Gasteiger partial charge in [0, 0.05) is 26.2 Å². The minimum absolute atomic E-state index is 0.0382. The average molecular weight is 326 g/mol. The lowest BCUT2D eigenvalue weighted by Crippen LogP contribution is -2.41. The van der Waals surface area contributed by atoms with E-state index in [-0.39, 0.29) is 6.10 Å². The average Bonchev–Trinajstić information content (AvgIpc) is 2.48. The number of likely N-dealkylation sites (N-methyl/N-ethyl adjacent to an activating group) is 1.